The minimum absolute atomic E-state index is 0.0703. The number of ketones is 1. The highest BCUT2D eigenvalue weighted by Gasteiger charge is 2.40. The van der Waals surface area contributed by atoms with Gasteiger partial charge >= 0.3 is 5.97 Å². The number of alkyl halides is 1. The van der Waals surface area contributed by atoms with Crippen LogP contribution in [0.25, 0.3) is 21.3 Å². The Hall–Kier alpha value is -4.16. The van der Waals surface area contributed by atoms with Crippen LogP contribution in [0.4, 0.5) is 14.5 Å². The Labute approximate surface area is 241 Å². The van der Waals surface area contributed by atoms with E-state index in [2.05, 4.69) is 10.4 Å². The first-order valence-corrected chi connectivity index (χ1v) is 13.7. The molecule has 1 fully saturated rings. The number of hydrogen-bond acceptors (Lipinski definition) is 7. The van der Waals surface area contributed by atoms with Crippen LogP contribution in [0.1, 0.15) is 33.5 Å². The summed E-state index contributed by atoms with van der Waals surface area (Å²) < 4.78 is 36.3. The lowest BCUT2D eigenvalue weighted by atomic mass is 10.0. The Morgan fingerprint density at radius 3 is 2.59 bits per heavy atom. The summed E-state index contributed by atoms with van der Waals surface area (Å²) in [5.41, 5.74) is 0.881. The molecule has 41 heavy (non-hydrogen) atoms. The predicted molar refractivity (Wildman–Crippen MR) is 149 cm³/mol. The van der Waals surface area contributed by atoms with E-state index >= 15 is 4.39 Å². The minimum Gasteiger partial charge on any atom is -0.465 e. The summed E-state index contributed by atoms with van der Waals surface area (Å²) in [6.45, 7) is 0.536. The van der Waals surface area contributed by atoms with E-state index in [9.17, 15) is 23.6 Å². The Morgan fingerprint density at radius 2 is 1.88 bits per heavy atom. The predicted octanol–water partition coefficient (Wildman–Crippen LogP) is 5.12. The molecule has 0 radical (unpaired) electrons. The van der Waals surface area contributed by atoms with Crippen LogP contribution < -0.4 is 5.32 Å². The largest absolute Gasteiger partial charge is 0.465 e. The molecule has 1 saturated heterocycles. The molecular formula is C28H23ClF2N4O5S. The van der Waals surface area contributed by atoms with Crippen molar-refractivity contribution in [2.75, 3.05) is 19.0 Å². The summed E-state index contributed by atoms with van der Waals surface area (Å²) in [4.78, 5) is 52.1. The average molecular weight is 601 g/mol. The molecule has 5 rings (SSSR count). The van der Waals surface area contributed by atoms with E-state index in [-0.39, 0.29) is 40.6 Å². The van der Waals surface area contributed by atoms with Gasteiger partial charge in [0.05, 0.1) is 29.6 Å². The highest BCUT2D eigenvalue weighted by molar-refractivity contribution is 7.21. The molecule has 2 amide bonds. The maximum absolute atomic E-state index is 15.4. The minimum atomic E-state index is -1.48. The summed E-state index contributed by atoms with van der Waals surface area (Å²) >= 11 is 7.22. The Morgan fingerprint density at radius 1 is 1.15 bits per heavy atom. The number of carbonyl (C=O) groups excluding carboxylic acids is 4. The van der Waals surface area contributed by atoms with E-state index in [1.54, 1.807) is 30.3 Å². The third-order valence-corrected chi connectivity index (χ3v) is 8.17. The number of carbonyl (C=O) groups is 4. The van der Waals surface area contributed by atoms with Gasteiger partial charge in [-0.2, -0.15) is 5.10 Å². The number of nitrogens with zero attached hydrogens (tertiary/aromatic N) is 3. The van der Waals surface area contributed by atoms with Crippen LogP contribution in [0.5, 0.6) is 0 Å². The lowest BCUT2D eigenvalue weighted by Gasteiger charge is -2.24. The number of anilines is 1. The van der Waals surface area contributed by atoms with Crippen molar-refractivity contribution in [1.29, 1.82) is 0 Å². The molecule has 0 spiro atoms. The van der Waals surface area contributed by atoms with E-state index in [4.69, 9.17) is 16.3 Å². The number of thiophene rings is 1. The maximum Gasteiger partial charge on any atom is 0.348 e. The van der Waals surface area contributed by atoms with Crippen LogP contribution in [0.2, 0.25) is 5.02 Å². The van der Waals surface area contributed by atoms with Crippen molar-refractivity contribution < 1.29 is 32.7 Å². The lowest BCUT2D eigenvalue weighted by molar-refractivity contribution is -0.137. The number of methoxy groups -OCH3 is 1. The monoisotopic (exact) mass is 600 g/mol. The molecular weight excluding hydrogens is 578 g/mol. The summed E-state index contributed by atoms with van der Waals surface area (Å²) in [5, 5.41) is 7.04. The second kappa shape index (κ2) is 11.4. The number of Topliss-reactive ketones (excluding diaryl/α,β-unsaturated/α-hetero) is 1. The summed E-state index contributed by atoms with van der Waals surface area (Å²) in [7, 11) is 1.22. The summed E-state index contributed by atoms with van der Waals surface area (Å²) in [6, 6.07) is 11.3. The van der Waals surface area contributed by atoms with Gasteiger partial charge in [-0.15, -0.1) is 11.3 Å². The van der Waals surface area contributed by atoms with Crippen molar-refractivity contribution in [2.24, 2.45) is 0 Å². The molecule has 0 bridgehead atoms. The average Bonchev–Trinajstić information content (AvgIpc) is 3.64. The maximum atomic E-state index is 15.4. The van der Waals surface area contributed by atoms with Crippen LogP contribution >= 0.6 is 22.9 Å². The molecule has 212 valence electrons. The van der Waals surface area contributed by atoms with E-state index in [0.717, 1.165) is 16.2 Å². The fourth-order valence-corrected chi connectivity index (χ4v) is 6.12. The molecule has 3 heterocycles. The van der Waals surface area contributed by atoms with E-state index in [1.807, 2.05) is 0 Å². The van der Waals surface area contributed by atoms with Crippen molar-refractivity contribution in [3.63, 3.8) is 0 Å². The number of nitrogens with one attached hydrogen (secondary N) is 1. The number of rotatable bonds is 7. The molecule has 1 N–H and O–H groups in total. The highest BCUT2D eigenvalue weighted by Crippen LogP contribution is 2.34. The Balaban J connectivity index is 1.39. The van der Waals surface area contributed by atoms with Crippen LogP contribution in [0.3, 0.4) is 0 Å². The number of esters is 1. The van der Waals surface area contributed by atoms with Crippen LogP contribution in [-0.2, 0) is 20.9 Å². The van der Waals surface area contributed by atoms with E-state index in [0.29, 0.717) is 20.8 Å². The summed E-state index contributed by atoms with van der Waals surface area (Å²) in [5.74, 6) is -3.10. The van der Waals surface area contributed by atoms with Crippen LogP contribution in [-0.4, -0.2) is 64.1 Å². The number of halogens is 3. The molecule has 9 nitrogen and oxygen atoms in total. The number of ether oxygens (including phenoxy) is 1. The van der Waals surface area contributed by atoms with E-state index in [1.165, 1.54) is 36.9 Å². The first-order valence-electron chi connectivity index (χ1n) is 12.5. The standard InChI is InChI=1S/C28H23ClF2N4O5S/c1-14(36)25-26-20(11-22(41-26)28(39)40-2)35(33-25)13-23(37)34-12-15(30)10-21(34)27(38)32-19-9-5-7-17(24(19)31)16-6-3-4-8-18(16)29/h3-9,11,15,21H,10,12-13H2,1-2H3,(H,32,38)/t15-,21+/m1/s1. The van der Waals surface area contributed by atoms with Gasteiger partial charge in [-0.1, -0.05) is 41.9 Å². The molecule has 0 aliphatic carbocycles. The molecule has 1 aliphatic heterocycles. The second-order valence-corrected chi connectivity index (χ2v) is 10.9. The number of amides is 2. The topological polar surface area (TPSA) is 111 Å². The molecule has 1 aliphatic rings. The second-order valence-electron chi connectivity index (χ2n) is 9.41. The number of aromatic nitrogens is 2. The van der Waals surface area contributed by atoms with Crippen molar-refractivity contribution in [3.8, 4) is 11.1 Å². The zero-order chi connectivity index (χ0) is 29.4. The quantitative estimate of drug-likeness (QED) is 0.233. The van der Waals surface area contributed by atoms with Gasteiger partial charge in [-0.05, 0) is 18.2 Å². The van der Waals surface area contributed by atoms with Gasteiger partial charge < -0.3 is 15.0 Å². The van der Waals surface area contributed by atoms with Crippen molar-refractivity contribution in [2.45, 2.75) is 32.1 Å². The van der Waals surface area contributed by atoms with Gasteiger partial charge in [0.1, 0.15) is 29.3 Å². The number of likely N-dealkylation sites (tertiary alicyclic amines) is 1. The van der Waals surface area contributed by atoms with Gasteiger partial charge in [-0.25, -0.2) is 13.6 Å². The Bertz CT molecular complexity index is 1700. The number of hydrogen-bond donors (Lipinski definition) is 1. The van der Waals surface area contributed by atoms with Crippen molar-refractivity contribution in [3.05, 3.63) is 69.9 Å². The Kier molecular flexibility index (Phi) is 7.87. The molecule has 4 aromatic rings. The van der Waals surface area contributed by atoms with Gasteiger partial charge in [0.25, 0.3) is 0 Å². The smallest absolute Gasteiger partial charge is 0.348 e. The summed E-state index contributed by atoms with van der Waals surface area (Å²) in [6.07, 6.45) is -1.76. The van der Waals surface area contributed by atoms with Crippen molar-refractivity contribution >= 4 is 62.4 Å². The zero-order valence-electron chi connectivity index (χ0n) is 21.8. The van der Waals surface area contributed by atoms with Gasteiger partial charge in [-0.3, -0.25) is 19.1 Å². The fraction of sp³-hybridized carbons (Fsp3) is 0.250. The lowest BCUT2D eigenvalue weighted by Crippen LogP contribution is -2.44. The van der Waals surface area contributed by atoms with Gasteiger partial charge in [0, 0.05) is 29.5 Å². The highest BCUT2D eigenvalue weighted by atomic mass is 35.5. The molecule has 0 saturated carbocycles. The number of fused-ring (bicyclic) bond motifs is 1. The van der Waals surface area contributed by atoms with Crippen LogP contribution in [0.15, 0.2) is 48.5 Å². The SMILES string of the molecule is COC(=O)c1cc2c(s1)c(C(C)=O)nn2CC(=O)N1C[C@H](F)C[C@H]1C(=O)Nc1cccc(-c2ccccc2Cl)c1F. The third kappa shape index (κ3) is 5.44. The molecule has 0 unspecified atom stereocenters. The molecule has 2 aromatic carbocycles. The fourth-order valence-electron chi connectivity index (χ4n) is 4.77. The molecule has 13 heteroatoms. The van der Waals surface area contributed by atoms with Crippen LogP contribution in [0, 0.1) is 5.82 Å². The zero-order valence-corrected chi connectivity index (χ0v) is 23.4. The molecule has 2 atom stereocenters. The normalized spacial score (nSPS) is 16.7. The van der Waals surface area contributed by atoms with Crippen molar-refractivity contribution in [1.82, 2.24) is 14.7 Å². The molecule has 2 aromatic heterocycles. The van der Waals surface area contributed by atoms with E-state index < -0.39 is 42.4 Å². The first kappa shape index (κ1) is 28.4. The van der Waals surface area contributed by atoms with Gasteiger partial charge in [0.15, 0.2) is 11.6 Å². The number of benzene rings is 2. The third-order valence-electron chi connectivity index (χ3n) is 6.73. The first-order chi connectivity index (χ1) is 19.6. The van der Waals surface area contributed by atoms with Gasteiger partial charge in [0.2, 0.25) is 11.8 Å².